The molecule has 0 aliphatic heterocycles. The van der Waals surface area contributed by atoms with Crippen molar-refractivity contribution >= 4 is 35.1 Å². The van der Waals surface area contributed by atoms with E-state index in [1.807, 2.05) is 6.07 Å². The van der Waals surface area contributed by atoms with Crippen LogP contribution in [0.5, 0.6) is 0 Å². The number of anilines is 3. The van der Waals surface area contributed by atoms with Crippen LogP contribution in [-0.2, 0) is 0 Å². The third-order valence-electron chi connectivity index (χ3n) is 4.11. The smallest absolute Gasteiger partial charge is 0.312 e. The Morgan fingerprint density at radius 1 is 1.15 bits per heavy atom. The molecule has 0 saturated carbocycles. The Labute approximate surface area is 188 Å². The zero-order valence-electron chi connectivity index (χ0n) is 17.9. The Morgan fingerprint density at radius 2 is 1.91 bits per heavy atom. The predicted octanol–water partition coefficient (Wildman–Crippen LogP) is 1.29. The quantitative estimate of drug-likeness (QED) is 0.221. The molecule has 0 atom stereocenters. The molecule has 170 valence electrons. The number of urea groups is 1. The number of primary amides is 1. The van der Waals surface area contributed by atoms with Gasteiger partial charge in [-0.25, -0.2) is 19.4 Å². The highest BCUT2D eigenvalue weighted by Gasteiger charge is 2.15. The fourth-order valence-corrected chi connectivity index (χ4v) is 2.59. The first-order valence-electron chi connectivity index (χ1n) is 9.79. The van der Waals surface area contributed by atoms with Gasteiger partial charge in [-0.3, -0.25) is 0 Å². The second kappa shape index (κ2) is 10.9. The Balaban J connectivity index is 1.89. The zero-order chi connectivity index (χ0) is 23.6. The monoisotopic (exact) mass is 450 g/mol. The molecule has 33 heavy (non-hydrogen) atoms. The molecule has 15 nitrogen and oxygen atoms in total. The first-order chi connectivity index (χ1) is 16.0. The summed E-state index contributed by atoms with van der Waals surface area (Å²) in [6, 6.07) is 3.12. The molecular weight excluding hydrogens is 428 g/mol. The lowest BCUT2D eigenvalue weighted by Crippen LogP contribution is -2.30. The predicted molar refractivity (Wildman–Crippen MR) is 120 cm³/mol. The first-order valence-corrected chi connectivity index (χ1v) is 9.79. The number of nitrogens with zero attached hydrogens (tertiary/aromatic N) is 9. The van der Waals surface area contributed by atoms with Crippen molar-refractivity contribution < 1.29 is 4.79 Å². The number of rotatable bonds is 10. The van der Waals surface area contributed by atoms with Crippen LogP contribution in [0.3, 0.4) is 0 Å². The molecule has 0 spiro atoms. The van der Waals surface area contributed by atoms with E-state index in [2.05, 4.69) is 56.5 Å². The largest absolute Gasteiger partial charge is 0.371 e. The molecule has 0 radical (unpaired) electrons. The number of carbonyl (C=O) groups is 1. The number of nitriles is 1. The molecule has 3 heterocycles. The van der Waals surface area contributed by atoms with Crippen LogP contribution in [0, 0.1) is 11.3 Å². The third kappa shape index (κ3) is 5.85. The summed E-state index contributed by atoms with van der Waals surface area (Å²) in [5.74, 6) is 1.53. The molecule has 0 fully saturated rings. The Bertz CT molecular complexity index is 1170. The highest BCUT2D eigenvalue weighted by molar-refractivity contribution is 5.75. The van der Waals surface area contributed by atoms with Gasteiger partial charge < -0.3 is 27.0 Å². The van der Waals surface area contributed by atoms with Crippen molar-refractivity contribution in [1.82, 2.24) is 35.0 Å². The molecule has 0 aromatic carbocycles. The fourth-order valence-electron chi connectivity index (χ4n) is 2.59. The van der Waals surface area contributed by atoms with E-state index in [0.29, 0.717) is 48.7 Å². The Morgan fingerprint density at radius 3 is 2.58 bits per heavy atom. The number of nitrogens with two attached hydrogens (primary N) is 1. The number of carbonyl (C=O) groups excluding carboxylic acids is 1. The van der Waals surface area contributed by atoms with Gasteiger partial charge in [0.2, 0.25) is 11.8 Å². The summed E-state index contributed by atoms with van der Waals surface area (Å²) in [6.45, 7) is 0.863. The van der Waals surface area contributed by atoms with E-state index in [0.717, 1.165) is 0 Å². The van der Waals surface area contributed by atoms with Crippen LogP contribution in [0.4, 0.5) is 33.9 Å². The highest BCUT2D eigenvalue weighted by atomic mass is 16.2. The topological polar surface area (TPSA) is 209 Å². The molecule has 6 N–H and O–H groups in total. The molecule has 3 rings (SSSR count). The maximum atomic E-state index is 10.8. The van der Waals surface area contributed by atoms with Gasteiger partial charge in [-0.2, -0.15) is 15.2 Å². The normalized spacial score (nSPS) is 10.6. The maximum Gasteiger partial charge on any atom is 0.312 e. The second-order valence-corrected chi connectivity index (χ2v) is 6.34. The van der Waals surface area contributed by atoms with E-state index >= 15 is 0 Å². The summed E-state index contributed by atoms with van der Waals surface area (Å²) in [4.78, 5) is 27.7. The van der Waals surface area contributed by atoms with Crippen molar-refractivity contribution in [2.45, 2.75) is 6.42 Å². The first kappa shape index (κ1) is 22.8. The Kier molecular flexibility index (Phi) is 7.57. The molecule has 0 aliphatic carbocycles. The van der Waals surface area contributed by atoms with E-state index in [9.17, 15) is 10.1 Å². The molecule has 2 amide bonds. The minimum atomic E-state index is -0.588. The lowest BCUT2D eigenvalue weighted by atomic mass is 10.3. The average molecular weight is 450 g/mol. The van der Waals surface area contributed by atoms with Gasteiger partial charge in [-0.05, 0) is 12.5 Å². The molecule has 0 saturated heterocycles. The average Bonchev–Trinajstić information content (AvgIpc) is 3.26. The van der Waals surface area contributed by atoms with Crippen LogP contribution in [0.1, 0.15) is 12.0 Å². The van der Waals surface area contributed by atoms with Crippen molar-refractivity contribution in [3.8, 4) is 12.0 Å². The van der Waals surface area contributed by atoms with Crippen molar-refractivity contribution in [1.29, 1.82) is 5.26 Å². The molecule has 3 aromatic heterocycles. The lowest BCUT2D eigenvalue weighted by Gasteiger charge is -2.12. The van der Waals surface area contributed by atoms with Gasteiger partial charge in [0.05, 0.1) is 6.20 Å². The number of azo groups is 1. The minimum Gasteiger partial charge on any atom is -0.371 e. The SMILES string of the molecule is CNc1nc(NC)c(N=Nc2nn(-c3ncccn3)cc2C#N)c(NCCCNC(N)=O)n1. The van der Waals surface area contributed by atoms with Gasteiger partial charge in [0, 0.05) is 39.6 Å². The highest BCUT2D eigenvalue weighted by Crippen LogP contribution is 2.33. The van der Waals surface area contributed by atoms with E-state index in [1.54, 1.807) is 32.6 Å². The summed E-state index contributed by atoms with van der Waals surface area (Å²) in [6.07, 6.45) is 5.18. The van der Waals surface area contributed by atoms with Crippen molar-refractivity contribution in [2.75, 3.05) is 43.1 Å². The Hall–Kier alpha value is -4.87. The molecule has 0 unspecified atom stereocenters. The van der Waals surface area contributed by atoms with Crippen LogP contribution in [0.15, 0.2) is 34.9 Å². The molecule has 0 aliphatic rings. The van der Waals surface area contributed by atoms with Crippen molar-refractivity contribution in [2.24, 2.45) is 16.0 Å². The number of hydrogen-bond acceptors (Lipinski definition) is 12. The standard InChI is InChI=1S/C18H22N14O/c1-21-14-12(15(28-17(22-2)27-14)23-5-3-6-24-16(20)33)29-30-13-11(9-19)10-32(31-13)18-25-7-4-8-26-18/h4,7-8,10H,3,5-6H2,1-2H3,(H3,20,24,33)(H3,21,22,23,27,28). The number of amides is 2. The summed E-state index contributed by atoms with van der Waals surface area (Å²) in [5, 5.41) is 33.6. The second-order valence-electron chi connectivity index (χ2n) is 6.34. The van der Waals surface area contributed by atoms with Gasteiger partial charge in [0.25, 0.3) is 5.95 Å². The van der Waals surface area contributed by atoms with Crippen LogP contribution in [-0.4, -0.2) is 62.9 Å². The number of aromatic nitrogens is 6. The van der Waals surface area contributed by atoms with Crippen LogP contribution in [0.2, 0.25) is 0 Å². The van der Waals surface area contributed by atoms with Gasteiger partial charge in [0.15, 0.2) is 17.3 Å². The van der Waals surface area contributed by atoms with E-state index in [1.165, 1.54) is 10.9 Å². The number of hydrogen-bond donors (Lipinski definition) is 5. The molecule has 3 aromatic rings. The molecule has 0 bridgehead atoms. The third-order valence-corrected chi connectivity index (χ3v) is 4.11. The van der Waals surface area contributed by atoms with E-state index < -0.39 is 6.03 Å². The van der Waals surface area contributed by atoms with Crippen LogP contribution >= 0.6 is 0 Å². The van der Waals surface area contributed by atoms with E-state index in [-0.39, 0.29) is 11.4 Å². The summed E-state index contributed by atoms with van der Waals surface area (Å²) < 4.78 is 1.34. The summed E-state index contributed by atoms with van der Waals surface area (Å²) >= 11 is 0. The van der Waals surface area contributed by atoms with Gasteiger partial charge in [-0.15, -0.1) is 15.3 Å². The molecule has 15 heteroatoms. The van der Waals surface area contributed by atoms with Crippen molar-refractivity contribution in [3.63, 3.8) is 0 Å². The van der Waals surface area contributed by atoms with Crippen LogP contribution < -0.4 is 27.0 Å². The van der Waals surface area contributed by atoms with Gasteiger partial charge in [-0.1, -0.05) is 0 Å². The van der Waals surface area contributed by atoms with E-state index in [4.69, 9.17) is 5.73 Å². The summed E-state index contributed by atoms with van der Waals surface area (Å²) in [7, 11) is 3.37. The number of nitrogens with one attached hydrogen (secondary N) is 4. The lowest BCUT2D eigenvalue weighted by molar-refractivity contribution is 0.249. The van der Waals surface area contributed by atoms with Gasteiger partial charge in [0.1, 0.15) is 11.6 Å². The van der Waals surface area contributed by atoms with Gasteiger partial charge >= 0.3 is 6.03 Å². The minimum absolute atomic E-state index is 0.0845. The summed E-state index contributed by atoms with van der Waals surface area (Å²) in [5.41, 5.74) is 5.57. The van der Waals surface area contributed by atoms with Crippen molar-refractivity contribution in [3.05, 3.63) is 30.2 Å². The van der Waals surface area contributed by atoms with Crippen LogP contribution in [0.25, 0.3) is 5.95 Å². The zero-order valence-corrected chi connectivity index (χ0v) is 17.9. The maximum absolute atomic E-state index is 10.8. The molecular formula is C18H22N14O. The fraction of sp³-hybridized carbons (Fsp3) is 0.278.